The first-order valence-electron chi connectivity index (χ1n) is 14.6. The van der Waals surface area contributed by atoms with Gasteiger partial charge in [-0.05, 0) is 130 Å². The van der Waals surface area contributed by atoms with Crippen molar-refractivity contribution in [1.29, 1.82) is 0 Å². The normalized spacial score (nSPS) is 52.6. The number of carbonyl (C=O) groups excluding carboxylic acids is 2. The molecule has 7 nitrogen and oxygen atoms in total. The molecular weight excluding hydrogens is 518 g/mol. The van der Waals surface area contributed by atoms with E-state index in [1.54, 1.807) is 0 Å². The Hall–Kier alpha value is -0.970. The SMILES string of the molecule is O=C(OC12CC3CC(CC(COC(=O)C(F)(F)SOOO)(C3)C1)C2)C12CC3C4CC5CC3C(C1)C(C5)C4C2. The minimum Gasteiger partial charge on any atom is -0.460 e. The number of ether oxygens (including phenoxy) is 2. The van der Waals surface area contributed by atoms with Crippen LogP contribution in [0.25, 0.3) is 0 Å². The first kappa shape index (κ1) is 24.8. The highest BCUT2D eigenvalue weighted by molar-refractivity contribution is 7.96. The molecule has 0 saturated heterocycles. The molecule has 0 aromatic carbocycles. The smallest absolute Gasteiger partial charge is 0.415 e. The Bertz CT molecular complexity index is 976. The topological polar surface area (TPSA) is 91.3 Å². The maximum atomic E-state index is 14.2. The van der Waals surface area contributed by atoms with Gasteiger partial charge in [0.05, 0.1) is 12.0 Å². The van der Waals surface area contributed by atoms with Crippen LogP contribution in [0.5, 0.6) is 0 Å². The van der Waals surface area contributed by atoms with E-state index in [0.29, 0.717) is 36.0 Å². The summed E-state index contributed by atoms with van der Waals surface area (Å²) in [6, 6.07) is 0. The number of halogens is 2. The van der Waals surface area contributed by atoms with Crippen LogP contribution in [-0.4, -0.2) is 34.7 Å². The van der Waals surface area contributed by atoms with E-state index in [1.807, 2.05) is 0 Å². The van der Waals surface area contributed by atoms with Crippen LogP contribution in [0.4, 0.5) is 8.78 Å². The molecule has 2 unspecified atom stereocenters. The van der Waals surface area contributed by atoms with Crippen molar-refractivity contribution in [1.82, 2.24) is 0 Å². The monoisotopic (exact) mass is 554 g/mol. The van der Waals surface area contributed by atoms with Gasteiger partial charge in [-0.15, -0.1) is 4.33 Å². The highest BCUT2D eigenvalue weighted by Crippen LogP contribution is 2.75. The number of rotatable bonds is 8. The zero-order valence-electron chi connectivity index (χ0n) is 21.4. The number of hydrogen-bond acceptors (Lipinski definition) is 8. The Kier molecular flexibility index (Phi) is 5.26. The van der Waals surface area contributed by atoms with E-state index >= 15 is 0 Å². The van der Waals surface area contributed by atoms with Crippen LogP contribution in [0.3, 0.4) is 0 Å². The van der Waals surface area contributed by atoms with Crippen LogP contribution in [0.2, 0.25) is 0 Å². The van der Waals surface area contributed by atoms with Crippen LogP contribution < -0.4 is 0 Å². The number of esters is 2. The second kappa shape index (κ2) is 8.07. The molecule has 0 aromatic rings. The van der Waals surface area contributed by atoms with Crippen molar-refractivity contribution in [2.45, 2.75) is 87.9 Å². The van der Waals surface area contributed by atoms with Gasteiger partial charge in [-0.2, -0.15) is 8.78 Å². The lowest BCUT2D eigenvalue weighted by Gasteiger charge is -2.72. The summed E-state index contributed by atoms with van der Waals surface area (Å²) in [6.07, 6.45) is 12.1. The van der Waals surface area contributed by atoms with Crippen LogP contribution in [0, 0.1) is 64.1 Å². The first-order chi connectivity index (χ1) is 18.1. The van der Waals surface area contributed by atoms with Gasteiger partial charge in [-0.1, -0.05) is 5.04 Å². The summed E-state index contributed by atoms with van der Waals surface area (Å²) >= 11 is -0.602. The Labute approximate surface area is 225 Å². The second-order valence-corrected chi connectivity index (χ2v) is 15.6. The molecule has 0 radical (unpaired) electrons. The minimum atomic E-state index is -4.01. The van der Waals surface area contributed by atoms with Crippen molar-refractivity contribution in [2.75, 3.05) is 6.61 Å². The van der Waals surface area contributed by atoms with Gasteiger partial charge in [0.1, 0.15) is 17.6 Å². The van der Waals surface area contributed by atoms with Gasteiger partial charge >= 0.3 is 17.2 Å². The Morgan fingerprint density at radius 1 is 0.816 bits per heavy atom. The highest BCUT2D eigenvalue weighted by atomic mass is 32.2. The summed E-state index contributed by atoms with van der Waals surface area (Å²) in [5.41, 5.74) is -1.35. The zero-order valence-corrected chi connectivity index (χ0v) is 22.3. The van der Waals surface area contributed by atoms with Gasteiger partial charge in [0, 0.05) is 5.41 Å². The van der Waals surface area contributed by atoms with Gasteiger partial charge in [0.2, 0.25) is 0 Å². The Balaban J connectivity index is 0.989. The van der Waals surface area contributed by atoms with Gasteiger partial charge in [-0.3, -0.25) is 4.79 Å². The van der Waals surface area contributed by atoms with Gasteiger partial charge in [0.15, 0.2) is 0 Å². The lowest BCUT2D eigenvalue weighted by Crippen LogP contribution is -2.67. The number of hydrogen-bond donors (Lipinski definition) is 1. The third-order valence-corrected chi connectivity index (χ3v) is 13.3. The largest absolute Gasteiger partial charge is 0.460 e. The van der Waals surface area contributed by atoms with Crippen LogP contribution in [0.15, 0.2) is 0 Å². The molecule has 0 aromatic heterocycles. The first-order valence-corrected chi connectivity index (χ1v) is 15.3. The predicted molar refractivity (Wildman–Crippen MR) is 129 cm³/mol. The molecule has 38 heavy (non-hydrogen) atoms. The molecule has 0 amide bonds. The third-order valence-electron chi connectivity index (χ3n) is 12.8. The van der Waals surface area contributed by atoms with E-state index in [4.69, 9.17) is 14.7 Å². The van der Waals surface area contributed by atoms with Gasteiger partial charge in [-0.25, -0.2) is 10.1 Å². The molecule has 11 saturated carbocycles. The van der Waals surface area contributed by atoms with E-state index in [-0.39, 0.29) is 18.0 Å². The fraction of sp³-hybridized carbons (Fsp3) is 0.929. The maximum Gasteiger partial charge on any atom is 0.415 e. The summed E-state index contributed by atoms with van der Waals surface area (Å²) < 4.78 is 43.5. The lowest BCUT2D eigenvalue weighted by molar-refractivity contribution is -0.433. The van der Waals surface area contributed by atoms with Crippen molar-refractivity contribution in [3.05, 3.63) is 0 Å². The molecule has 11 fully saturated rings. The Morgan fingerprint density at radius 3 is 1.95 bits per heavy atom. The van der Waals surface area contributed by atoms with Gasteiger partial charge < -0.3 is 9.47 Å². The maximum absolute atomic E-state index is 14.2. The summed E-state index contributed by atoms with van der Waals surface area (Å²) in [4.78, 5) is 26.3. The van der Waals surface area contributed by atoms with E-state index in [0.717, 1.165) is 75.0 Å². The summed E-state index contributed by atoms with van der Waals surface area (Å²) in [5.74, 6) is 4.54. The second-order valence-electron chi connectivity index (χ2n) is 14.8. The van der Waals surface area contributed by atoms with Crippen LogP contribution >= 0.6 is 12.0 Å². The average Bonchev–Trinajstić information content (AvgIpc) is 2.87. The highest BCUT2D eigenvalue weighted by Gasteiger charge is 2.70. The van der Waals surface area contributed by atoms with Crippen molar-refractivity contribution in [3.8, 4) is 0 Å². The molecule has 0 aliphatic heterocycles. The minimum absolute atomic E-state index is 0.0173. The summed E-state index contributed by atoms with van der Waals surface area (Å²) in [7, 11) is 0. The average molecular weight is 555 g/mol. The van der Waals surface area contributed by atoms with Crippen LogP contribution in [0.1, 0.15) is 77.0 Å². The van der Waals surface area contributed by atoms with Crippen molar-refractivity contribution < 1.29 is 42.5 Å². The Morgan fingerprint density at radius 2 is 1.39 bits per heavy atom. The molecule has 210 valence electrons. The molecular formula is C28H36F2O7S. The molecule has 11 aliphatic rings. The fourth-order valence-corrected chi connectivity index (χ4v) is 12.8. The number of alkyl halides is 2. The van der Waals surface area contributed by atoms with E-state index in [2.05, 4.69) is 9.37 Å². The quantitative estimate of drug-likeness (QED) is 0.175. The number of carbonyl (C=O) groups is 2. The molecule has 0 spiro atoms. The summed E-state index contributed by atoms with van der Waals surface area (Å²) in [5, 5.41) is 7.34. The van der Waals surface area contributed by atoms with E-state index in [1.165, 1.54) is 19.3 Å². The fourth-order valence-electron chi connectivity index (χ4n) is 12.5. The molecule has 2 atom stereocenters. The molecule has 12 bridgehead atoms. The van der Waals surface area contributed by atoms with Gasteiger partial charge in [0.25, 0.3) is 0 Å². The molecule has 11 rings (SSSR count). The molecule has 1 N–H and O–H groups in total. The zero-order chi connectivity index (χ0) is 26.1. The predicted octanol–water partition coefficient (Wildman–Crippen LogP) is 5.78. The molecule has 0 heterocycles. The summed E-state index contributed by atoms with van der Waals surface area (Å²) in [6.45, 7) is -0.127. The van der Waals surface area contributed by atoms with E-state index in [9.17, 15) is 18.4 Å². The van der Waals surface area contributed by atoms with Crippen LogP contribution in [-0.2, 0) is 28.4 Å². The van der Waals surface area contributed by atoms with Crippen molar-refractivity contribution in [2.24, 2.45) is 64.1 Å². The lowest BCUT2D eigenvalue weighted by atomic mass is 9.33. The molecule has 10 heteroatoms. The van der Waals surface area contributed by atoms with Crippen molar-refractivity contribution in [3.63, 3.8) is 0 Å². The van der Waals surface area contributed by atoms with E-state index < -0.39 is 34.3 Å². The standard InChI is InChI=1S/C28H36F2O7S/c29-28(30,38-37-36-33)24(32)34-13-25-5-15-1-16(6-25)8-27(7-15,12-25)35-23(31)26-9-20-17-2-14-3-18(20)22(11-26)19(4-14)21(17)10-26/h14-22,33H,1-13H2. The third kappa shape index (κ3) is 3.48. The van der Waals surface area contributed by atoms with Crippen molar-refractivity contribution >= 4 is 24.0 Å². The molecule has 11 aliphatic carbocycles.